The monoisotopic (exact) mass is 408 g/mol. The highest BCUT2D eigenvalue weighted by Crippen LogP contribution is 2.06. The summed E-state index contributed by atoms with van der Waals surface area (Å²) in [5, 5.41) is 5.67. The Morgan fingerprint density at radius 3 is 2.50 bits per heavy atom. The molecule has 0 spiro atoms. The second-order valence-electron chi connectivity index (χ2n) is 5.83. The van der Waals surface area contributed by atoms with Gasteiger partial charge in [0.25, 0.3) is 5.91 Å². The van der Waals surface area contributed by atoms with Crippen LogP contribution in [0.3, 0.4) is 0 Å². The number of hydrogen-bond donors (Lipinski definition) is 3. The van der Waals surface area contributed by atoms with Crippen molar-refractivity contribution in [3.8, 4) is 0 Å². The summed E-state index contributed by atoms with van der Waals surface area (Å²) in [5.41, 5.74) is 6.94. The van der Waals surface area contributed by atoms with Gasteiger partial charge in [-0.2, -0.15) is 0 Å². The van der Waals surface area contributed by atoms with Crippen LogP contribution in [-0.2, 0) is 16.1 Å². The number of nitrogens with two attached hydrogens (primary N) is 1. The molecule has 0 heterocycles. The zero-order chi connectivity index (χ0) is 17.9. The third-order valence-electron chi connectivity index (χ3n) is 3.53. The lowest BCUT2D eigenvalue weighted by Crippen LogP contribution is -2.32. The maximum Gasteiger partial charge on any atom is 0.251 e. The van der Waals surface area contributed by atoms with Gasteiger partial charge < -0.3 is 26.0 Å². The molecule has 9 heteroatoms. The molecule has 0 bridgehead atoms. The van der Waals surface area contributed by atoms with Gasteiger partial charge in [-0.05, 0) is 31.8 Å². The second-order valence-corrected chi connectivity index (χ2v) is 5.83. The van der Waals surface area contributed by atoms with E-state index in [4.69, 9.17) is 10.5 Å². The average Bonchev–Trinajstić information content (AvgIpc) is 2.57. The molecule has 0 aliphatic rings. The quantitative estimate of drug-likeness (QED) is 0.531. The van der Waals surface area contributed by atoms with E-state index in [9.17, 15) is 9.59 Å². The van der Waals surface area contributed by atoms with Crippen LogP contribution in [0.25, 0.3) is 0 Å². The lowest BCUT2D eigenvalue weighted by Gasteiger charge is -2.13. The standard InChI is InChI=1S/C17H28N4O3.2ClH/c1-21(2)8-7-19-17(23)14-6-4-5-13(9-14)12-20-16(22)10-15(11-18)24-3;;/h4-6,9,15H,7-8,10-12,18H2,1-3H3,(H,19,23)(H,20,22);2*1H. The molecule has 1 aromatic carbocycles. The molecule has 4 N–H and O–H groups in total. The Balaban J connectivity index is 0. The minimum atomic E-state index is -0.279. The van der Waals surface area contributed by atoms with Crippen molar-refractivity contribution >= 4 is 36.6 Å². The minimum absolute atomic E-state index is 0. The number of halogens is 2. The van der Waals surface area contributed by atoms with E-state index in [1.54, 1.807) is 18.2 Å². The number of likely N-dealkylation sites (N-methyl/N-ethyl adjacent to an activating group) is 1. The highest BCUT2D eigenvalue weighted by atomic mass is 35.5. The number of rotatable bonds is 10. The Bertz CT molecular complexity index is 540. The van der Waals surface area contributed by atoms with Gasteiger partial charge in [-0.1, -0.05) is 12.1 Å². The molecule has 1 rings (SSSR count). The summed E-state index contributed by atoms with van der Waals surface area (Å²) in [6.07, 6.45) is -0.0589. The summed E-state index contributed by atoms with van der Waals surface area (Å²) in [4.78, 5) is 25.9. The molecule has 0 aliphatic heterocycles. The Morgan fingerprint density at radius 2 is 1.92 bits per heavy atom. The average molecular weight is 409 g/mol. The molecule has 0 aliphatic carbocycles. The first-order chi connectivity index (χ1) is 11.5. The first-order valence-corrected chi connectivity index (χ1v) is 7.97. The maximum absolute atomic E-state index is 12.1. The van der Waals surface area contributed by atoms with E-state index < -0.39 is 0 Å². The molecule has 0 radical (unpaired) electrons. The predicted molar refractivity (Wildman–Crippen MR) is 108 cm³/mol. The molecule has 0 aromatic heterocycles. The van der Waals surface area contributed by atoms with E-state index in [1.807, 2.05) is 25.1 Å². The largest absolute Gasteiger partial charge is 0.380 e. The van der Waals surface area contributed by atoms with Crippen LogP contribution in [0.2, 0.25) is 0 Å². The van der Waals surface area contributed by atoms with E-state index in [0.717, 1.165) is 12.1 Å². The Kier molecular flexibility index (Phi) is 15.2. The van der Waals surface area contributed by atoms with E-state index >= 15 is 0 Å². The third-order valence-corrected chi connectivity index (χ3v) is 3.53. The number of carbonyl (C=O) groups excluding carboxylic acids is 2. The molecule has 0 saturated heterocycles. The first-order valence-electron chi connectivity index (χ1n) is 7.97. The number of nitrogens with one attached hydrogen (secondary N) is 2. The van der Waals surface area contributed by atoms with E-state index in [0.29, 0.717) is 25.2 Å². The van der Waals surface area contributed by atoms with Crippen molar-refractivity contribution in [1.82, 2.24) is 15.5 Å². The number of hydrogen-bond acceptors (Lipinski definition) is 5. The Morgan fingerprint density at radius 1 is 1.23 bits per heavy atom. The van der Waals surface area contributed by atoms with Gasteiger partial charge in [0.05, 0.1) is 12.5 Å². The lowest BCUT2D eigenvalue weighted by molar-refractivity contribution is -0.123. The fourth-order valence-corrected chi connectivity index (χ4v) is 2.06. The lowest BCUT2D eigenvalue weighted by atomic mass is 10.1. The van der Waals surface area contributed by atoms with Gasteiger partial charge in [0.15, 0.2) is 0 Å². The number of ether oxygens (including phenoxy) is 1. The van der Waals surface area contributed by atoms with Gasteiger partial charge in [-0.3, -0.25) is 9.59 Å². The molecule has 150 valence electrons. The molecular formula is C17H30Cl2N4O3. The summed E-state index contributed by atoms with van der Waals surface area (Å²) < 4.78 is 5.08. The van der Waals surface area contributed by atoms with Crippen LogP contribution >= 0.6 is 24.8 Å². The number of nitrogens with zero attached hydrogens (tertiary/aromatic N) is 1. The smallest absolute Gasteiger partial charge is 0.251 e. The number of methoxy groups -OCH3 is 1. The number of benzene rings is 1. The van der Waals surface area contributed by atoms with Gasteiger partial charge in [0.2, 0.25) is 5.91 Å². The number of amides is 2. The van der Waals surface area contributed by atoms with Gasteiger partial charge in [0, 0.05) is 38.9 Å². The van der Waals surface area contributed by atoms with Crippen molar-refractivity contribution in [1.29, 1.82) is 0 Å². The summed E-state index contributed by atoms with van der Waals surface area (Å²) in [5.74, 6) is -0.249. The van der Waals surface area contributed by atoms with Crippen LogP contribution in [0.4, 0.5) is 0 Å². The van der Waals surface area contributed by atoms with Crippen LogP contribution in [-0.4, -0.2) is 63.7 Å². The highest BCUT2D eigenvalue weighted by Gasteiger charge is 2.11. The van der Waals surface area contributed by atoms with Crippen LogP contribution in [0.15, 0.2) is 24.3 Å². The summed E-state index contributed by atoms with van der Waals surface area (Å²) in [7, 11) is 5.44. The summed E-state index contributed by atoms with van der Waals surface area (Å²) in [6, 6.07) is 7.21. The van der Waals surface area contributed by atoms with Crippen molar-refractivity contribution in [3.05, 3.63) is 35.4 Å². The van der Waals surface area contributed by atoms with Gasteiger partial charge in [-0.25, -0.2) is 0 Å². The normalized spacial score (nSPS) is 11.1. The molecule has 26 heavy (non-hydrogen) atoms. The molecule has 1 aromatic rings. The van der Waals surface area contributed by atoms with Crippen LogP contribution < -0.4 is 16.4 Å². The maximum atomic E-state index is 12.1. The first kappa shape index (κ1) is 26.8. The van der Waals surface area contributed by atoms with Gasteiger partial charge in [-0.15, -0.1) is 24.8 Å². The van der Waals surface area contributed by atoms with Crippen LogP contribution in [0, 0.1) is 0 Å². The van der Waals surface area contributed by atoms with Crippen LogP contribution in [0.1, 0.15) is 22.3 Å². The molecular weight excluding hydrogens is 379 g/mol. The molecule has 1 atom stereocenters. The molecule has 0 fully saturated rings. The van der Waals surface area contributed by atoms with E-state index in [-0.39, 0.29) is 49.2 Å². The summed E-state index contributed by atoms with van der Waals surface area (Å²) in [6.45, 7) is 2.03. The van der Waals surface area contributed by atoms with Crippen molar-refractivity contribution in [2.45, 2.75) is 19.1 Å². The zero-order valence-corrected chi connectivity index (χ0v) is 17.1. The SMILES string of the molecule is COC(CN)CC(=O)NCc1cccc(C(=O)NCCN(C)C)c1.Cl.Cl. The van der Waals surface area contributed by atoms with Crippen molar-refractivity contribution < 1.29 is 14.3 Å². The minimum Gasteiger partial charge on any atom is -0.380 e. The molecule has 1 unspecified atom stereocenters. The van der Waals surface area contributed by atoms with E-state index in [2.05, 4.69) is 10.6 Å². The van der Waals surface area contributed by atoms with E-state index in [1.165, 1.54) is 7.11 Å². The second kappa shape index (κ2) is 14.8. The van der Waals surface area contributed by atoms with Crippen molar-refractivity contribution in [3.63, 3.8) is 0 Å². The van der Waals surface area contributed by atoms with Crippen molar-refractivity contribution in [2.75, 3.05) is 40.8 Å². The summed E-state index contributed by atoms with van der Waals surface area (Å²) >= 11 is 0. The Labute approximate surface area is 167 Å². The fraction of sp³-hybridized carbons (Fsp3) is 0.529. The van der Waals surface area contributed by atoms with Gasteiger partial charge in [0.1, 0.15) is 0 Å². The molecule has 7 nitrogen and oxygen atoms in total. The third kappa shape index (κ3) is 10.6. The van der Waals surface area contributed by atoms with Crippen LogP contribution in [0.5, 0.6) is 0 Å². The fourth-order valence-electron chi connectivity index (χ4n) is 2.06. The topological polar surface area (TPSA) is 96.7 Å². The Hall–Kier alpha value is -1.38. The van der Waals surface area contributed by atoms with Crippen molar-refractivity contribution in [2.24, 2.45) is 5.73 Å². The highest BCUT2D eigenvalue weighted by molar-refractivity contribution is 5.94. The zero-order valence-electron chi connectivity index (χ0n) is 15.5. The number of carbonyl (C=O) groups is 2. The molecule has 0 saturated carbocycles. The molecule has 2 amide bonds. The predicted octanol–water partition coefficient (Wildman–Crippen LogP) is 0.802. The van der Waals surface area contributed by atoms with Gasteiger partial charge >= 0.3 is 0 Å².